The van der Waals surface area contributed by atoms with Crippen molar-refractivity contribution in [2.24, 2.45) is 11.8 Å². The molecule has 12 atom stereocenters. The Morgan fingerprint density at radius 3 is 2.50 bits per heavy atom. The van der Waals surface area contributed by atoms with Gasteiger partial charge in [-0.3, -0.25) is 4.79 Å². The van der Waals surface area contributed by atoms with Crippen molar-refractivity contribution in [2.45, 2.75) is 127 Å². The van der Waals surface area contributed by atoms with Gasteiger partial charge in [0.15, 0.2) is 12.1 Å². The molecule has 0 radical (unpaired) electrons. The van der Waals surface area contributed by atoms with Crippen LogP contribution >= 0.6 is 15.9 Å². The van der Waals surface area contributed by atoms with E-state index in [4.69, 9.17) is 28.4 Å². The van der Waals surface area contributed by atoms with Crippen molar-refractivity contribution in [2.75, 3.05) is 14.2 Å². The van der Waals surface area contributed by atoms with E-state index in [1.165, 1.54) is 14.2 Å². The van der Waals surface area contributed by atoms with Crippen LogP contribution in [0.4, 0.5) is 0 Å². The fourth-order valence-electron chi connectivity index (χ4n) is 5.95. The summed E-state index contributed by atoms with van der Waals surface area (Å²) in [6.07, 6.45) is 2.18. The quantitative estimate of drug-likeness (QED) is 0.270. The molecule has 0 aromatic rings. The van der Waals surface area contributed by atoms with E-state index < -0.39 is 66.9 Å². The van der Waals surface area contributed by atoms with Gasteiger partial charge in [-0.05, 0) is 43.5 Å². The lowest BCUT2D eigenvalue weighted by Gasteiger charge is -2.48. The Labute approximate surface area is 246 Å². The molecule has 0 aliphatic carbocycles. The number of hydrogen-bond donors (Lipinski definition) is 3. The molecule has 3 heterocycles. The molecular formula is C29H47BrO10. The van der Waals surface area contributed by atoms with Crippen molar-refractivity contribution in [3.8, 4) is 0 Å². The van der Waals surface area contributed by atoms with Gasteiger partial charge in [-0.15, -0.1) is 0 Å². The fraction of sp³-hybridized carbons (Fsp3) is 0.828. The first-order valence-corrected chi connectivity index (χ1v) is 15.2. The van der Waals surface area contributed by atoms with Crippen LogP contribution in [0.15, 0.2) is 23.2 Å². The molecule has 0 saturated carbocycles. The second kappa shape index (κ2) is 15.5. The van der Waals surface area contributed by atoms with Crippen LogP contribution < -0.4 is 0 Å². The summed E-state index contributed by atoms with van der Waals surface area (Å²) in [5, 5.41) is 33.4. The number of halogens is 1. The highest BCUT2D eigenvalue weighted by atomic mass is 79.9. The molecule has 3 rings (SSSR count). The highest BCUT2D eigenvalue weighted by Gasteiger charge is 2.51. The lowest BCUT2D eigenvalue weighted by atomic mass is 9.83. The van der Waals surface area contributed by atoms with Crippen molar-refractivity contribution in [3.05, 3.63) is 23.2 Å². The van der Waals surface area contributed by atoms with E-state index in [-0.39, 0.29) is 24.7 Å². The van der Waals surface area contributed by atoms with Gasteiger partial charge in [0.05, 0.1) is 30.8 Å². The highest BCUT2D eigenvalue weighted by molar-refractivity contribution is 9.11. The van der Waals surface area contributed by atoms with Gasteiger partial charge in [0.25, 0.3) is 0 Å². The average molecular weight is 636 g/mol. The number of hydrogen-bond acceptors (Lipinski definition) is 10. The first-order chi connectivity index (χ1) is 19.0. The third-order valence-electron chi connectivity index (χ3n) is 8.43. The number of aliphatic hydroxyl groups is 3. The zero-order valence-corrected chi connectivity index (χ0v) is 25.8. The lowest BCUT2D eigenvalue weighted by molar-refractivity contribution is -0.346. The predicted octanol–water partition coefficient (Wildman–Crippen LogP) is 3.35. The minimum absolute atomic E-state index is 0.00343. The third-order valence-corrected chi connectivity index (χ3v) is 8.73. The second-order valence-electron chi connectivity index (χ2n) is 11.4. The van der Waals surface area contributed by atoms with Crippen molar-refractivity contribution in [3.63, 3.8) is 0 Å². The summed E-state index contributed by atoms with van der Waals surface area (Å²) in [6.45, 7) is 5.74. The summed E-state index contributed by atoms with van der Waals surface area (Å²) in [7, 11) is 3.03. The van der Waals surface area contributed by atoms with E-state index >= 15 is 0 Å². The van der Waals surface area contributed by atoms with E-state index in [2.05, 4.69) is 15.9 Å². The Morgan fingerprint density at radius 1 is 1.10 bits per heavy atom. The maximum atomic E-state index is 13.0. The summed E-state index contributed by atoms with van der Waals surface area (Å²) in [6, 6.07) is 0. The van der Waals surface area contributed by atoms with Crippen LogP contribution in [-0.4, -0.2) is 96.4 Å². The zero-order valence-electron chi connectivity index (χ0n) is 24.2. The minimum atomic E-state index is -1.81. The maximum Gasteiger partial charge on any atom is 0.311 e. The van der Waals surface area contributed by atoms with E-state index in [0.29, 0.717) is 32.1 Å². The van der Waals surface area contributed by atoms with E-state index in [1.807, 2.05) is 39.0 Å². The van der Waals surface area contributed by atoms with Gasteiger partial charge in [-0.2, -0.15) is 0 Å². The molecule has 40 heavy (non-hydrogen) atoms. The molecule has 11 heteroatoms. The molecule has 3 aliphatic heterocycles. The number of fused-ring (bicyclic) bond motifs is 2. The Balaban J connectivity index is 1.77. The molecule has 3 N–H and O–H groups in total. The number of carbonyl (C=O) groups is 1. The standard InChI is InChI=1S/C29H47BrO10/c1-17-11-12-22-18(2)23(39-28-25(33)27(36-5)26(35-4)19(3)37-28)15-29(34,40-22)16-24(32)38-20(14-21(17)31)10-8-6-7-9-13-30/h6-7,9,13,17-23,25-28,31,33-34H,8,10-12,14-16H2,1-5H3/b7-6+,13-9+/t17-,18-,19-,20+,21+,22-,23-,25+,26-,27-,28-,29-/m0/s1. The predicted molar refractivity (Wildman–Crippen MR) is 150 cm³/mol. The summed E-state index contributed by atoms with van der Waals surface area (Å²) in [4.78, 5) is 14.8. The molecule has 0 spiro atoms. The van der Waals surface area contributed by atoms with Crippen molar-refractivity contribution >= 4 is 21.9 Å². The highest BCUT2D eigenvalue weighted by Crippen LogP contribution is 2.40. The van der Waals surface area contributed by atoms with E-state index in [0.717, 1.165) is 0 Å². The van der Waals surface area contributed by atoms with Gasteiger partial charge in [0.2, 0.25) is 0 Å². The Bertz CT molecular complexity index is 855. The largest absolute Gasteiger partial charge is 0.462 e. The topological polar surface area (TPSA) is 133 Å². The molecule has 3 aliphatic rings. The Hall–Kier alpha value is -0.890. The maximum absolute atomic E-state index is 13.0. The molecule has 3 fully saturated rings. The number of esters is 1. The van der Waals surface area contributed by atoms with Gasteiger partial charge in [-0.25, -0.2) is 0 Å². The summed E-state index contributed by atoms with van der Waals surface area (Å²) < 4.78 is 35.1. The molecule has 0 aromatic heterocycles. The molecule has 0 amide bonds. The van der Waals surface area contributed by atoms with Gasteiger partial charge in [-0.1, -0.05) is 48.0 Å². The van der Waals surface area contributed by atoms with Crippen LogP contribution in [0.2, 0.25) is 0 Å². The molecule has 10 nitrogen and oxygen atoms in total. The van der Waals surface area contributed by atoms with Gasteiger partial charge >= 0.3 is 5.97 Å². The number of carbonyl (C=O) groups excluding carboxylic acids is 1. The molecule has 0 aromatic carbocycles. The first-order valence-electron chi connectivity index (χ1n) is 14.3. The number of rotatable bonds is 8. The summed E-state index contributed by atoms with van der Waals surface area (Å²) in [5.74, 6) is -2.68. The monoisotopic (exact) mass is 634 g/mol. The molecular weight excluding hydrogens is 588 g/mol. The summed E-state index contributed by atoms with van der Waals surface area (Å²) >= 11 is 3.22. The molecule has 3 saturated heterocycles. The number of aliphatic hydroxyl groups excluding tert-OH is 2. The van der Waals surface area contributed by atoms with Crippen LogP contribution in [0, 0.1) is 11.8 Å². The van der Waals surface area contributed by atoms with Gasteiger partial charge in [0.1, 0.15) is 24.4 Å². The van der Waals surface area contributed by atoms with Crippen molar-refractivity contribution < 1.29 is 48.5 Å². The second-order valence-corrected chi connectivity index (χ2v) is 11.9. The number of methoxy groups -OCH3 is 2. The lowest BCUT2D eigenvalue weighted by Crippen LogP contribution is -2.61. The molecule has 2 bridgehead atoms. The fourth-order valence-corrected chi connectivity index (χ4v) is 6.13. The van der Waals surface area contributed by atoms with Crippen LogP contribution in [0.3, 0.4) is 0 Å². The van der Waals surface area contributed by atoms with E-state index in [1.54, 1.807) is 4.99 Å². The van der Waals surface area contributed by atoms with Crippen LogP contribution in [0.1, 0.15) is 65.7 Å². The Kier molecular flexibility index (Phi) is 13.1. The smallest absolute Gasteiger partial charge is 0.311 e. The van der Waals surface area contributed by atoms with Gasteiger partial charge < -0.3 is 43.7 Å². The number of ether oxygens (including phenoxy) is 6. The summed E-state index contributed by atoms with van der Waals surface area (Å²) in [5.41, 5.74) is 0. The zero-order chi connectivity index (χ0) is 29.4. The molecule has 230 valence electrons. The van der Waals surface area contributed by atoms with E-state index in [9.17, 15) is 20.1 Å². The van der Waals surface area contributed by atoms with Crippen molar-refractivity contribution in [1.29, 1.82) is 0 Å². The van der Waals surface area contributed by atoms with Crippen LogP contribution in [-0.2, 0) is 33.2 Å². The average Bonchev–Trinajstić information content (AvgIpc) is 2.90. The minimum Gasteiger partial charge on any atom is -0.462 e. The molecule has 0 unspecified atom stereocenters. The first kappa shape index (κ1) is 33.6. The van der Waals surface area contributed by atoms with Crippen LogP contribution in [0.5, 0.6) is 0 Å². The van der Waals surface area contributed by atoms with Crippen molar-refractivity contribution in [1.82, 2.24) is 0 Å². The SMILES string of the molecule is CO[C@@H]1[C@@H](OC)[C@@H](O)[C@H](O[C@H]2C[C@@]3(O)CC(=O)O[C@H](CC/C=C/C=C/Br)C[C@@H](O)[C@@H](C)CC[C@H](O3)[C@@H]2C)O[C@H]1C. The van der Waals surface area contributed by atoms with Crippen LogP contribution in [0.25, 0.3) is 0 Å². The number of allylic oxidation sites excluding steroid dienone is 3. The normalized spacial score (nSPS) is 43.8. The number of cyclic esters (lactones) is 1. The third kappa shape index (κ3) is 8.81. The van der Waals surface area contributed by atoms with Gasteiger partial charge in [0, 0.05) is 33.0 Å². The Morgan fingerprint density at radius 2 is 1.82 bits per heavy atom.